The molecule has 0 aliphatic carbocycles. The van der Waals surface area contributed by atoms with Crippen LogP contribution in [-0.4, -0.2) is 22.1 Å². The van der Waals surface area contributed by atoms with Crippen LogP contribution in [0, 0.1) is 6.92 Å². The summed E-state index contributed by atoms with van der Waals surface area (Å²) in [5, 5.41) is 14.5. The Morgan fingerprint density at radius 2 is 2.30 bits per heavy atom. The minimum Gasteiger partial charge on any atom is -0.480 e. The molecule has 0 spiro atoms. The van der Waals surface area contributed by atoms with Gasteiger partial charge in [0.25, 0.3) is 0 Å². The van der Waals surface area contributed by atoms with Crippen molar-refractivity contribution in [3.8, 4) is 0 Å². The van der Waals surface area contributed by atoms with Crippen molar-refractivity contribution in [3.63, 3.8) is 0 Å². The molecular formula is C13H17N3O2S2. The number of carbonyl (C=O) groups is 1. The molecule has 0 amide bonds. The number of nitrogens with zero attached hydrogens (tertiary/aromatic N) is 1. The van der Waals surface area contributed by atoms with Gasteiger partial charge in [0.15, 0.2) is 5.13 Å². The lowest BCUT2D eigenvalue weighted by atomic mass is 10.2. The van der Waals surface area contributed by atoms with Crippen LogP contribution in [0.4, 0.5) is 5.13 Å². The largest absolute Gasteiger partial charge is 0.480 e. The van der Waals surface area contributed by atoms with Gasteiger partial charge in [-0.2, -0.15) is 0 Å². The molecule has 108 valence electrons. The second-order valence-corrected chi connectivity index (χ2v) is 6.89. The van der Waals surface area contributed by atoms with Crippen LogP contribution in [0.3, 0.4) is 0 Å². The second-order valence-electron chi connectivity index (χ2n) is 4.66. The average Bonchev–Trinajstić information content (AvgIpc) is 2.97. The molecule has 7 heteroatoms. The molecule has 0 fully saturated rings. The number of carboxylic acid groups (broad SMARTS) is 1. The smallest absolute Gasteiger partial charge is 0.326 e. The number of carboxylic acids is 1. The number of aryl methyl sites for hydroxylation is 1. The molecule has 0 radical (unpaired) electrons. The van der Waals surface area contributed by atoms with E-state index < -0.39 is 12.0 Å². The summed E-state index contributed by atoms with van der Waals surface area (Å²) in [6, 6.07) is 3.41. The molecule has 2 unspecified atom stereocenters. The first kappa shape index (κ1) is 15.0. The molecule has 20 heavy (non-hydrogen) atoms. The van der Waals surface area contributed by atoms with E-state index in [1.54, 1.807) is 16.7 Å². The van der Waals surface area contributed by atoms with Crippen LogP contribution in [0.1, 0.15) is 28.4 Å². The maximum atomic E-state index is 10.8. The number of anilines is 1. The lowest BCUT2D eigenvalue weighted by molar-refractivity contribution is -0.138. The van der Waals surface area contributed by atoms with Gasteiger partial charge in [-0.25, -0.2) is 4.98 Å². The quantitative estimate of drug-likeness (QED) is 0.763. The zero-order valence-electron chi connectivity index (χ0n) is 11.3. The van der Waals surface area contributed by atoms with E-state index in [4.69, 9.17) is 10.8 Å². The summed E-state index contributed by atoms with van der Waals surface area (Å²) < 4.78 is 0. The fourth-order valence-electron chi connectivity index (χ4n) is 1.78. The van der Waals surface area contributed by atoms with Gasteiger partial charge >= 0.3 is 5.97 Å². The highest BCUT2D eigenvalue weighted by Gasteiger charge is 2.18. The molecule has 2 heterocycles. The van der Waals surface area contributed by atoms with E-state index >= 15 is 0 Å². The Hall–Kier alpha value is -1.44. The average molecular weight is 311 g/mol. The van der Waals surface area contributed by atoms with Crippen molar-refractivity contribution in [1.29, 1.82) is 0 Å². The SMILES string of the molecule is Cc1ccc(CC(C)Nc2nc(C(N)C(=O)O)cs2)s1. The Bertz CT molecular complexity index is 594. The van der Waals surface area contributed by atoms with E-state index in [-0.39, 0.29) is 6.04 Å². The molecule has 0 aliphatic rings. The number of aliphatic carboxylic acids is 1. The zero-order valence-corrected chi connectivity index (χ0v) is 12.9. The Morgan fingerprint density at radius 1 is 1.55 bits per heavy atom. The van der Waals surface area contributed by atoms with Crippen LogP contribution in [0.15, 0.2) is 17.5 Å². The molecule has 2 atom stereocenters. The predicted octanol–water partition coefficient (Wildman–Crippen LogP) is 2.64. The summed E-state index contributed by atoms with van der Waals surface area (Å²) in [5.74, 6) is -1.07. The van der Waals surface area contributed by atoms with Gasteiger partial charge in [0, 0.05) is 27.6 Å². The summed E-state index contributed by atoms with van der Waals surface area (Å²) in [5.41, 5.74) is 5.92. The molecule has 5 nitrogen and oxygen atoms in total. The van der Waals surface area contributed by atoms with E-state index in [1.807, 2.05) is 0 Å². The Kier molecular flexibility index (Phi) is 4.74. The van der Waals surface area contributed by atoms with Crippen LogP contribution in [-0.2, 0) is 11.2 Å². The van der Waals surface area contributed by atoms with Crippen molar-refractivity contribution in [2.75, 3.05) is 5.32 Å². The maximum Gasteiger partial charge on any atom is 0.326 e. The first-order chi connectivity index (χ1) is 9.45. The molecular weight excluding hydrogens is 294 g/mol. The van der Waals surface area contributed by atoms with Crippen molar-refractivity contribution in [3.05, 3.63) is 33.0 Å². The summed E-state index contributed by atoms with van der Waals surface area (Å²) >= 11 is 3.16. The third kappa shape index (κ3) is 3.78. The number of nitrogens with one attached hydrogen (secondary N) is 1. The number of hydrogen-bond donors (Lipinski definition) is 3. The molecule has 2 rings (SSSR count). The lowest BCUT2D eigenvalue weighted by Gasteiger charge is -2.11. The van der Waals surface area contributed by atoms with Gasteiger partial charge in [-0.15, -0.1) is 22.7 Å². The Labute approximate surface area is 125 Å². The summed E-state index contributed by atoms with van der Waals surface area (Å²) in [7, 11) is 0. The Morgan fingerprint density at radius 3 is 2.90 bits per heavy atom. The number of nitrogens with two attached hydrogens (primary N) is 1. The fourth-order valence-corrected chi connectivity index (χ4v) is 3.66. The van der Waals surface area contributed by atoms with E-state index in [1.165, 1.54) is 21.1 Å². The third-order valence-corrected chi connectivity index (χ3v) is 4.59. The minimum atomic E-state index is -1.07. The van der Waals surface area contributed by atoms with Crippen LogP contribution in [0.2, 0.25) is 0 Å². The van der Waals surface area contributed by atoms with Crippen molar-refractivity contribution in [2.24, 2.45) is 5.73 Å². The standard InChI is InChI=1S/C13H17N3O2S2/c1-7(5-9-4-3-8(2)20-9)15-13-16-10(6-19-13)11(14)12(17)18/h3-4,6-7,11H,5,14H2,1-2H3,(H,15,16)(H,17,18). The number of aromatic nitrogens is 1. The highest BCUT2D eigenvalue weighted by molar-refractivity contribution is 7.13. The van der Waals surface area contributed by atoms with Crippen molar-refractivity contribution in [2.45, 2.75) is 32.4 Å². The maximum absolute atomic E-state index is 10.8. The number of thiazole rings is 1. The van der Waals surface area contributed by atoms with Gasteiger partial charge in [-0.1, -0.05) is 0 Å². The van der Waals surface area contributed by atoms with Crippen molar-refractivity contribution >= 4 is 33.8 Å². The molecule has 0 aliphatic heterocycles. The van der Waals surface area contributed by atoms with Gasteiger partial charge in [0.05, 0.1) is 5.69 Å². The van der Waals surface area contributed by atoms with Crippen molar-refractivity contribution < 1.29 is 9.90 Å². The number of thiophene rings is 1. The Balaban J connectivity index is 1.94. The molecule has 2 aromatic heterocycles. The number of rotatable bonds is 6. The molecule has 4 N–H and O–H groups in total. The van der Waals surface area contributed by atoms with E-state index in [9.17, 15) is 4.79 Å². The van der Waals surface area contributed by atoms with Gasteiger partial charge in [0.2, 0.25) is 0 Å². The first-order valence-electron chi connectivity index (χ1n) is 6.21. The van der Waals surface area contributed by atoms with Gasteiger partial charge in [-0.3, -0.25) is 4.79 Å². The van der Waals surface area contributed by atoms with E-state index in [2.05, 4.69) is 36.3 Å². The predicted molar refractivity (Wildman–Crippen MR) is 82.5 cm³/mol. The molecule has 0 saturated carbocycles. The topological polar surface area (TPSA) is 88.2 Å². The molecule has 0 aromatic carbocycles. The molecule has 2 aromatic rings. The van der Waals surface area contributed by atoms with Crippen LogP contribution in [0.25, 0.3) is 0 Å². The lowest BCUT2D eigenvalue weighted by Crippen LogP contribution is -2.21. The van der Waals surface area contributed by atoms with Gasteiger partial charge < -0.3 is 16.2 Å². The first-order valence-corrected chi connectivity index (χ1v) is 7.91. The van der Waals surface area contributed by atoms with Crippen LogP contribution >= 0.6 is 22.7 Å². The highest BCUT2D eigenvalue weighted by atomic mass is 32.1. The highest BCUT2D eigenvalue weighted by Crippen LogP contribution is 2.22. The van der Waals surface area contributed by atoms with E-state index in [0.717, 1.165) is 6.42 Å². The third-order valence-electron chi connectivity index (χ3n) is 2.78. The van der Waals surface area contributed by atoms with Crippen LogP contribution < -0.4 is 11.1 Å². The summed E-state index contributed by atoms with van der Waals surface area (Å²) in [4.78, 5) is 17.6. The molecule has 0 bridgehead atoms. The van der Waals surface area contributed by atoms with E-state index in [0.29, 0.717) is 10.8 Å². The van der Waals surface area contributed by atoms with Gasteiger partial charge in [-0.05, 0) is 26.0 Å². The normalized spacial score (nSPS) is 13.9. The molecule has 0 saturated heterocycles. The minimum absolute atomic E-state index is 0.230. The van der Waals surface area contributed by atoms with Crippen molar-refractivity contribution in [1.82, 2.24) is 4.98 Å². The number of hydrogen-bond acceptors (Lipinski definition) is 6. The zero-order chi connectivity index (χ0) is 14.7. The monoisotopic (exact) mass is 311 g/mol. The fraction of sp³-hybridized carbons (Fsp3) is 0.385. The summed E-state index contributed by atoms with van der Waals surface area (Å²) in [6.45, 7) is 4.17. The summed E-state index contributed by atoms with van der Waals surface area (Å²) in [6.07, 6.45) is 0.915. The van der Waals surface area contributed by atoms with Gasteiger partial charge in [0.1, 0.15) is 6.04 Å². The second kappa shape index (κ2) is 6.34. The van der Waals surface area contributed by atoms with Crippen LogP contribution in [0.5, 0.6) is 0 Å².